The van der Waals surface area contributed by atoms with Gasteiger partial charge in [0.1, 0.15) is 0 Å². The molecule has 0 radical (unpaired) electrons. The van der Waals surface area contributed by atoms with Crippen molar-refractivity contribution in [3.63, 3.8) is 0 Å². The summed E-state index contributed by atoms with van der Waals surface area (Å²) in [5.41, 5.74) is 1.89. The van der Waals surface area contributed by atoms with Gasteiger partial charge in [-0.25, -0.2) is 0 Å². The number of phenolic OH excluding ortho intramolecular Hbond substituents is 2. The van der Waals surface area contributed by atoms with E-state index < -0.39 is 0 Å². The van der Waals surface area contributed by atoms with Gasteiger partial charge in [0.2, 0.25) is 0 Å². The van der Waals surface area contributed by atoms with E-state index in [2.05, 4.69) is 0 Å². The summed E-state index contributed by atoms with van der Waals surface area (Å²) in [6.07, 6.45) is -0.229. The third-order valence-corrected chi connectivity index (χ3v) is 5.33. The molecule has 2 aromatic rings. The van der Waals surface area contributed by atoms with Crippen LogP contribution in [0.5, 0.6) is 23.0 Å². The van der Waals surface area contributed by atoms with Crippen molar-refractivity contribution in [2.75, 3.05) is 27.4 Å². The molecule has 0 bridgehead atoms. The summed E-state index contributed by atoms with van der Waals surface area (Å²) in [5.74, 6) is 1.51. The Hall–Kier alpha value is -2.44. The number of fused-ring (bicyclic) bond motifs is 1. The van der Waals surface area contributed by atoms with Crippen LogP contribution < -0.4 is 9.47 Å². The van der Waals surface area contributed by atoms with Gasteiger partial charge < -0.3 is 29.2 Å². The molecule has 2 aliphatic rings. The average molecular weight is 358 g/mol. The van der Waals surface area contributed by atoms with Crippen LogP contribution in [0, 0.1) is 11.8 Å². The molecule has 2 fully saturated rings. The Morgan fingerprint density at radius 2 is 1.35 bits per heavy atom. The fourth-order valence-electron chi connectivity index (χ4n) is 3.99. The molecule has 4 unspecified atom stereocenters. The fraction of sp³-hybridized carbons (Fsp3) is 0.400. The van der Waals surface area contributed by atoms with Gasteiger partial charge in [-0.1, -0.05) is 12.1 Å². The Morgan fingerprint density at radius 1 is 0.769 bits per heavy atom. The minimum absolute atomic E-state index is 0.105. The summed E-state index contributed by atoms with van der Waals surface area (Å²) in [7, 11) is 3.06. The molecule has 138 valence electrons. The van der Waals surface area contributed by atoms with Crippen molar-refractivity contribution in [3.05, 3.63) is 47.5 Å². The van der Waals surface area contributed by atoms with E-state index in [1.54, 1.807) is 18.2 Å². The third kappa shape index (κ3) is 2.75. The summed E-state index contributed by atoms with van der Waals surface area (Å²) in [6, 6.07) is 10.7. The van der Waals surface area contributed by atoms with Gasteiger partial charge >= 0.3 is 0 Å². The average Bonchev–Trinajstić information content (AvgIpc) is 3.24. The van der Waals surface area contributed by atoms with Gasteiger partial charge in [0.25, 0.3) is 0 Å². The summed E-state index contributed by atoms with van der Waals surface area (Å²) in [6.45, 7) is 1.16. The lowest BCUT2D eigenvalue weighted by Gasteiger charge is -2.18. The maximum absolute atomic E-state index is 10.1. The first-order valence-electron chi connectivity index (χ1n) is 8.59. The molecule has 2 aromatic carbocycles. The molecule has 0 saturated carbocycles. The Kier molecular flexibility index (Phi) is 4.38. The maximum Gasteiger partial charge on any atom is 0.160 e. The molecule has 6 heteroatoms. The van der Waals surface area contributed by atoms with Gasteiger partial charge in [0, 0.05) is 11.8 Å². The van der Waals surface area contributed by atoms with Crippen molar-refractivity contribution in [3.8, 4) is 23.0 Å². The highest BCUT2D eigenvalue weighted by Crippen LogP contribution is 2.51. The Balaban J connectivity index is 1.57. The molecule has 0 aliphatic carbocycles. The molecule has 6 nitrogen and oxygen atoms in total. The van der Waals surface area contributed by atoms with Crippen molar-refractivity contribution in [2.45, 2.75) is 12.2 Å². The molecule has 2 saturated heterocycles. The normalized spacial score (nSPS) is 27.3. The smallest absolute Gasteiger partial charge is 0.160 e. The molecule has 2 heterocycles. The highest BCUT2D eigenvalue weighted by Gasteiger charge is 2.48. The molecule has 26 heavy (non-hydrogen) atoms. The summed E-state index contributed by atoms with van der Waals surface area (Å²) >= 11 is 0. The van der Waals surface area contributed by atoms with Crippen molar-refractivity contribution < 1.29 is 29.2 Å². The van der Waals surface area contributed by atoms with Gasteiger partial charge in [0.15, 0.2) is 23.0 Å². The van der Waals surface area contributed by atoms with Crippen LogP contribution in [0.4, 0.5) is 0 Å². The van der Waals surface area contributed by atoms with Crippen LogP contribution in [0.2, 0.25) is 0 Å². The van der Waals surface area contributed by atoms with Crippen molar-refractivity contribution in [2.24, 2.45) is 11.8 Å². The predicted molar refractivity (Wildman–Crippen MR) is 93.7 cm³/mol. The van der Waals surface area contributed by atoms with E-state index in [1.807, 2.05) is 18.2 Å². The quantitative estimate of drug-likeness (QED) is 0.874. The highest BCUT2D eigenvalue weighted by molar-refractivity contribution is 5.44. The first-order chi connectivity index (χ1) is 12.6. The van der Waals surface area contributed by atoms with E-state index >= 15 is 0 Å². The lowest BCUT2D eigenvalue weighted by Crippen LogP contribution is -2.14. The maximum atomic E-state index is 10.1. The van der Waals surface area contributed by atoms with Crippen LogP contribution in [0.3, 0.4) is 0 Å². The van der Waals surface area contributed by atoms with Crippen molar-refractivity contribution >= 4 is 0 Å². The molecular formula is C20H22O6. The minimum Gasteiger partial charge on any atom is -0.504 e. The monoisotopic (exact) mass is 358 g/mol. The van der Waals surface area contributed by atoms with Gasteiger partial charge in [-0.15, -0.1) is 0 Å². The van der Waals surface area contributed by atoms with Crippen LogP contribution in [0.15, 0.2) is 36.4 Å². The van der Waals surface area contributed by atoms with E-state index in [1.165, 1.54) is 14.2 Å². The SMILES string of the molecule is COc1ccc(C2OCC3C(c4ccc(O)c(OC)c4)OCC23)cc1O. The number of rotatable bonds is 4. The largest absolute Gasteiger partial charge is 0.504 e. The molecule has 4 atom stereocenters. The van der Waals surface area contributed by atoms with Crippen LogP contribution in [0.25, 0.3) is 0 Å². The summed E-state index contributed by atoms with van der Waals surface area (Å²) in [4.78, 5) is 0. The van der Waals surface area contributed by atoms with Crippen molar-refractivity contribution in [1.29, 1.82) is 0 Å². The second-order valence-corrected chi connectivity index (χ2v) is 6.70. The Morgan fingerprint density at radius 3 is 1.92 bits per heavy atom. The van der Waals surface area contributed by atoms with Crippen LogP contribution in [-0.4, -0.2) is 37.6 Å². The predicted octanol–water partition coefficient (Wildman–Crippen LogP) is 3.19. The number of methoxy groups -OCH3 is 2. The second kappa shape index (κ2) is 6.70. The zero-order chi connectivity index (χ0) is 18.3. The summed E-state index contributed by atoms with van der Waals surface area (Å²) in [5, 5.41) is 19.9. The lowest BCUT2D eigenvalue weighted by atomic mass is 9.85. The van der Waals surface area contributed by atoms with Gasteiger partial charge in [-0.3, -0.25) is 0 Å². The second-order valence-electron chi connectivity index (χ2n) is 6.70. The first kappa shape index (κ1) is 17.0. The zero-order valence-corrected chi connectivity index (χ0v) is 14.7. The first-order valence-corrected chi connectivity index (χ1v) is 8.59. The number of hydrogen-bond donors (Lipinski definition) is 2. The molecule has 4 rings (SSSR count). The van der Waals surface area contributed by atoms with Gasteiger partial charge in [-0.2, -0.15) is 0 Å². The highest BCUT2D eigenvalue weighted by atomic mass is 16.5. The Labute approximate surface area is 151 Å². The van der Waals surface area contributed by atoms with E-state index in [0.717, 1.165) is 11.1 Å². The van der Waals surface area contributed by atoms with E-state index in [0.29, 0.717) is 24.7 Å². The molecule has 2 aliphatic heterocycles. The minimum atomic E-state index is -0.124. The van der Waals surface area contributed by atoms with E-state index in [9.17, 15) is 10.2 Å². The fourth-order valence-corrected chi connectivity index (χ4v) is 3.99. The van der Waals surface area contributed by atoms with E-state index in [-0.39, 0.29) is 35.5 Å². The van der Waals surface area contributed by atoms with Crippen molar-refractivity contribution in [1.82, 2.24) is 0 Å². The Bertz CT molecular complexity index is 805. The molecule has 0 spiro atoms. The van der Waals surface area contributed by atoms with Crippen LogP contribution in [0.1, 0.15) is 23.3 Å². The lowest BCUT2D eigenvalue weighted by molar-refractivity contribution is 0.0191. The number of ether oxygens (including phenoxy) is 4. The van der Waals surface area contributed by atoms with E-state index in [4.69, 9.17) is 18.9 Å². The van der Waals surface area contributed by atoms with Gasteiger partial charge in [0.05, 0.1) is 39.6 Å². The molecule has 2 N–H and O–H groups in total. The van der Waals surface area contributed by atoms with Crippen LogP contribution in [-0.2, 0) is 9.47 Å². The van der Waals surface area contributed by atoms with Crippen LogP contribution >= 0.6 is 0 Å². The molecular weight excluding hydrogens is 336 g/mol. The standard InChI is InChI=1S/C20H22O6/c1-23-17-6-4-11(7-16(17)22)19-13-9-26-20(14(13)10-25-19)12-3-5-15(21)18(8-12)24-2/h3-8,13-14,19-22H,9-10H2,1-2H3. The zero-order valence-electron chi connectivity index (χ0n) is 14.7. The topological polar surface area (TPSA) is 77.4 Å². The molecule has 0 amide bonds. The van der Waals surface area contributed by atoms with Gasteiger partial charge in [-0.05, 0) is 35.4 Å². The number of hydrogen-bond acceptors (Lipinski definition) is 6. The number of aromatic hydroxyl groups is 2. The molecule has 0 aromatic heterocycles. The third-order valence-electron chi connectivity index (χ3n) is 5.33. The number of phenols is 2. The number of benzene rings is 2. The summed E-state index contributed by atoms with van der Waals surface area (Å²) < 4.78 is 22.4.